The summed E-state index contributed by atoms with van der Waals surface area (Å²) in [4.78, 5) is 11.0. The van der Waals surface area contributed by atoms with Crippen LogP contribution in [0.3, 0.4) is 0 Å². The average molecular weight is 216 g/mol. The first-order valence-corrected chi connectivity index (χ1v) is 5.09. The predicted octanol–water partition coefficient (Wildman–Crippen LogP) is 3.34. The lowest BCUT2D eigenvalue weighted by Crippen LogP contribution is -2.09. The van der Waals surface area contributed by atoms with Gasteiger partial charge >= 0.3 is 5.97 Å². The highest BCUT2D eigenvalue weighted by Crippen LogP contribution is 2.25. The van der Waals surface area contributed by atoms with E-state index in [1.165, 1.54) is 6.92 Å². The summed E-state index contributed by atoms with van der Waals surface area (Å²) in [6.07, 6.45) is 1.17. The van der Waals surface area contributed by atoms with E-state index in [0.29, 0.717) is 5.57 Å². The minimum absolute atomic E-state index is 0.325. The Balaban J connectivity index is 3.00. The van der Waals surface area contributed by atoms with Gasteiger partial charge in [-0.15, -0.1) is 0 Å². The smallest absolute Gasteiger partial charge is 0.303 e. The Morgan fingerprint density at radius 3 is 2.38 bits per heavy atom. The number of carbonyl (C=O) groups excluding carboxylic acids is 1. The van der Waals surface area contributed by atoms with E-state index < -0.39 is 6.10 Å². The van der Waals surface area contributed by atoms with Crippen LogP contribution in [-0.4, -0.2) is 5.97 Å². The predicted molar refractivity (Wildman–Crippen MR) is 65.0 cm³/mol. The maximum Gasteiger partial charge on any atom is 0.303 e. The molecule has 0 heterocycles. The molecule has 0 fully saturated rings. The second kappa shape index (κ2) is 5.31. The van der Waals surface area contributed by atoms with Gasteiger partial charge in [-0.1, -0.05) is 49.1 Å². The van der Waals surface area contributed by atoms with Crippen LogP contribution < -0.4 is 0 Å². The molecule has 2 nitrogen and oxygen atoms in total. The average Bonchev–Trinajstić information content (AvgIpc) is 2.26. The number of carbonyl (C=O) groups is 1. The van der Waals surface area contributed by atoms with Crippen LogP contribution in [0.1, 0.15) is 24.2 Å². The highest BCUT2D eigenvalue weighted by molar-refractivity contribution is 5.67. The highest BCUT2D eigenvalue weighted by atomic mass is 16.5. The molecule has 84 valence electrons. The standard InChI is InChI=1S/C14H16O2/c1-5-11(3)14(16-12(4)15)13-8-6-10(2)7-9-13/h5-9,14H,1,3H2,2,4H3. The fourth-order valence-electron chi connectivity index (χ4n) is 1.37. The zero-order valence-electron chi connectivity index (χ0n) is 9.69. The molecular weight excluding hydrogens is 200 g/mol. The van der Waals surface area contributed by atoms with Gasteiger partial charge in [0.25, 0.3) is 0 Å². The van der Waals surface area contributed by atoms with E-state index in [9.17, 15) is 4.79 Å². The van der Waals surface area contributed by atoms with Crippen molar-refractivity contribution in [2.45, 2.75) is 20.0 Å². The van der Waals surface area contributed by atoms with Gasteiger partial charge < -0.3 is 4.74 Å². The molecule has 0 bridgehead atoms. The Morgan fingerprint density at radius 2 is 1.94 bits per heavy atom. The molecule has 1 rings (SSSR count). The Kier molecular flexibility index (Phi) is 4.06. The van der Waals surface area contributed by atoms with Crippen molar-refractivity contribution < 1.29 is 9.53 Å². The molecule has 2 heteroatoms. The van der Waals surface area contributed by atoms with Gasteiger partial charge in [0, 0.05) is 6.92 Å². The molecule has 1 atom stereocenters. The first-order chi connectivity index (χ1) is 7.54. The highest BCUT2D eigenvalue weighted by Gasteiger charge is 2.15. The number of esters is 1. The molecule has 16 heavy (non-hydrogen) atoms. The molecule has 0 spiro atoms. The van der Waals surface area contributed by atoms with E-state index >= 15 is 0 Å². The summed E-state index contributed by atoms with van der Waals surface area (Å²) in [5.74, 6) is -0.325. The number of hydrogen-bond acceptors (Lipinski definition) is 2. The van der Waals surface area contributed by atoms with Crippen LogP contribution in [0.15, 0.2) is 49.1 Å². The van der Waals surface area contributed by atoms with Gasteiger partial charge in [-0.05, 0) is 18.1 Å². The monoisotopic (exact) mass is 216 g/mol. The maximum absolute atomic E-state index is 11.0. The first kappa shape index (κ1) is 12.2. The summed E-state index contributed by atoms with van der Waals surface area (Å²) in [6, 6.07) is 7.81. The third-order valence-electron chi connectivity index (χ3n) is 2.26. The van der Waals surface area contributed by atoms with E-state index in [4.69, 9.17) is 4.74 Å². The van der Waals surface area contributed by atoms with E-state index in [0.717, 1.165) is 11.1 Å². The lowest BCUT2D eigenvalue weighted by molar-refractivity contribution is -0.144. The van der Waals surface area contributed by atoms with Gasteiger partial charge in [-0.25, -0.2) is 0 Å². The molecule has 0 aliphatic carbocycles. The minimum Gasteiger partial charge on any atom is -0.453 e. The number of ether oxygens (including phenoxy) is 1. The summed E-state index contributed by atoms with van der Waals surface area (Å²) in [6.45, 7) is 10.9. The molecule has 1 aromatic rings. The van der Waals surface area contributed by atoms with E-state index in [1.807, 2.05) is 31.2 Å². The zero-order chi connectivity index (χ0) is 12.1. The quantitative estimate of drug-likeness (QED) is 0.570. The summed E-state index contributed by atoms with van der Waals surface area (Å²) >= 11 is 0. The molecule has 0 amide bonds. The summed E-state index contributed by atoms with van der Waals surface area (Å²) < 4.78 is 5.22. The third-order valence-corrected chi connectivity index (χ3v) is 2.26. The Hall–Kier alpha value is -1.83. The van der Waals surface area contributed by atoms with Crippen LogP contribution in [-0.2, 0) is 9.53 Å². The van der Waals surface area contributed by atoms with Gasteiger partial charge in [0.15, 0.2) is 6.10 Å². The molecule has 0 aliphatic rings. The summed E-state index contributed by atoms with van der Waals surface area (Å²) in [5.41, 5.74) is 2.75. The number of aryl methyl sites for hydroxylation is 1. The van der Waals surface area contributed by atoms with Crippen LogP contribution in [0, 0.1) is 6.92 Å². The lowest BCUT2D eigenvalue weighted by Gasteiger charge is -2.17. The molecule has 1 aromatic carbocycles. The molecule has 0 saturated heterocycles. The Labute approximate surface area is 96.2 Å². The minimum atomic E-state index is -0.435. The third kappa shape index (κ3) is 3.09. The maximum atomic E-state index is 11.0. The Bertz CT molecular complexity index is 401. The van der Waals surface area contributed by atoms with Gasteiger partial charge in [0.2, 0.25) is 0 Å². The van der Waals surface area contributed by atoms with E-state index in [2.05, 4.69) is 13.2 Å². The molecular formula is C14H16O2. The number of hydrogen-bond donors (Lipinski definition) is 0. The van der Waals surface area contributed by atoms with Crippen LogP contribution in [0.2, 0.25) is 0 Å². The van der Waals surface area contributed by atoms with Crippen molar-refractivity contribution in [2.75, 3.05) is 0 Å². The second-order valence-corrected chi connectivity index (χ2v) is 3.68. The van der Waals surface area contributed by atoms with Crippen molar-refractivity contribution in [3.05, 3.63) is 60.2 Å². The molecule has 0 radical (unpaired) electrons. The van der Waals surface area contributed by atoms with Crippen molar-refractivity contribution >= 4 is 5.97 Å². The number of benzene rings is 1. The second-order valence-electron chi connectivity index (χ2n) is 3.68. The molecule has 0 saturated carbocycles. The molecule has 0 N–H and O–H groups in total. The number of rotatable bonds is 4. The van der Waals surface area contributed by atoms with E-state index in [-0.39, 0.29) is 5.97 Å². The van der Waals surface area contributed by atoms with Gasteiger partial charge in [0.05, 0.1) is 0 Å². The molecule has 0 aliphatic heterocycles. The normalized spacial score (nSPS) is 11.6. The van der Waals surface area contributed by atoms with Gasteiger partial charge in [-0.3, -0.25) is 4.79 Å². The zero-order valence-corrected chi connectivity index (χ0v) is 9.69. The van der Waals surface area contributed by atoms with Crippen molar-refractivity contribution in [1.82, 2.24) is 0 Å². The first-order valence-electron chi connectivity index (χ1n) is 5.09. The molecule has 0 aromatic heterocycles. The van der Waals surface area contributed by atoms with Crippen molar-refractivity contribution in [3.8, 4) is 0 Å². The van der Waals surface area contributed by atoms with Gasteiger partial charge in [-0.2, -0.15) is 0 Å². The lowest BCUT2D eigenvalue weighted by atomic mass is 10.0. The SMILES string of the molecule is C=CC(=C)C(OC(C)=O)c1ccc(C)cc1. The fraction of sp³-hybridized carbons (Fsp3) is 0.214. The van der Waals surface area contributed by atoms with Crippen molar-refractivity contribution in [2.24, 2.45) is 0 Å². The summed E-state index contributed by atoms with van der Waals surface area (Å²) in [7, 11) is 0. The largest absolute Gasteiger partial charge is 0.453 e. The fourth-order valence-corrected chi connectivity index (χ4v) is 1.37. The van der Waals surface area contributed by atoms with Crippen molar-refractivity contribution in [3.63, 3.8) is 0 Å². The van der Waals surface area contributed by atoms with Crippen LogP contribution in [0.4, 0.5) is 0 Å². The topological polar surface area (TPSA) is 26.3 Å². The summed E-state index contributed by atoms with van der Waals surface area (Å²) in [5, 5.41) is 0. The van der Waals surface area contributed by atoms with Crippen molar-refractivity contribution in [1.29, 1.82) is 0 Å². The van der Waals surface area contributed by atoms with Crippen LogP contribution in [0.5, 0.6) is 0 Å². The Morgan fingerprint density at radius 1 is 1.38 bits per heavy atom. The van der Waals surface area contributed by atoms with E-state index in [1.54, 1.807) is 6.08 Å². The van der Waals surface area contributed by atoms with Crippen LogP contribution in [0.25, 0.3) is 0 Å². The van der Waals surface area contributed by atoms with Crippen LogP contribution >= 0.6 is 0 Å². The molecule has 1 unspecified atom stereocenters. The van der Waals surface area contributed by atoms with Gasteiger partial charge in [0.1, 0.15) is 0 Å².